The maximum absolute atomic E-state index is 12.9. The van der Waals surface area contributed by atoms with Gasteiger partial charge in [0.2, 0.25) is 5.91 Å². The summed E-state index contributed by atoms with van der Waals surface area (Å²) in [7, 11) is 0. The van der Waals surface area contributed by atoms with Crippen molar-refractivity contribution in [1.82, 2.24) is 0 Å². The van der Waals surface area contributed by atoms with Crippen LogP contribution in [0.25, 0.3) is 6.08 Å². The molecule has 0 fully saturated rings. The van der Waals surface area contributed by atoms with Crippen molar-refractivity contribution in [2.24, 2.45) is 0 Å². The highest BCUT2D eigenvalue weighted by Gasteiger charge is 2.12. The highest BCUT2D eigenvalue weighted by molar-refractivity contribution is 6.07. The van der Waals surface area contributed by atoms with E-state index in [1.165, 1.54) is 6.08 Å². The van der Waals surface area contributed by atoms with Gasteiger partial charge in [0.05, 0.1) is 0 Å². The standard InChI is InChI=1S/C42H42N6O4/c1-3-5-25-47-27-7-9-37(29-47)45-41(51)33-16-20-35(21-17-33)43-39(49)24-13-31-11-14-32(15-12-31)40(50)44-36-22-18-34(19-23-36)42(52)46-38-10-8-28-48(30-38)26-6-4-2/h7-24,27-30H,3-6,25-26H2,1-2H3,(H2-2,43,44,45,46,49,50,51,52)/p+2/b24-13+. The number of aryl methyl sites for hydroxylation is 2. The summed E-state index contributed by atoms with van der Waals surface area (Å²) < 4.78 is 4.11. The van der Waals surface area contributed by atoms with Gasteiger partial charge in [-0.15, -0.1) is 0 Å². The Balaban J connectivity index is 1.08. The number of anilines is 4. The van der Waals surface area contributed by atoms with Gasteiger partial charge in [-0.1, -0.05) is 38.8 Å². The van der Waals surface area contributed by atoms with E-state index in [-0.39, 0.29) is 23.6 Å². The zero-order chi connectivity index (χ0) is 36.7. The quantitative estimate of drug-likeness (QED) is 0.0679. The number of aromatic nitrogens is 2. The number of rotatable bonds is 15. The Labute approximate surface area is 304 Å². The molecule has 0 saturated carbocycles. The monoisotopic (exact) mass is 696 g/mol. The first-order valence-electron chi connectivity index (χ1n) is 17.5. The average molecular weight is 697 g/mol. The van der Waals surface area contributed by atoms with Gasteiger partial charge in [0.25, 0.3) is 17.7 Å². The fourth-order valence-corrected chi connectivity index (χ4v) is 5.27. The maximum atomic E-state index is 12.9. The lowest BCUT2D eigenvalue weighted by Crippen LogP contribution is -2.33. The van der Waals surface area contributed by atoms with E-state index in [1.807, 2.05) is 49.1 Å². The molecule has 0 atom stereocenters. The first-order valence-corrected chi connectivity index (χ1v) is 17.5. The molecule has 2 heterocycles. The highest BCUT2D eigenvalue weighted by Crippen LogP contribution is 2.16. The maximum Gasteiger partial charge on any atom is 0.255 e. The number of carbonyl (C=O) groups is 4. The molecule has 0 unspecified atom stereocenters. The van der Waals surface area contributed by atoms with Crippen LogP contribution in [0.4, 0.5) is 22.7 Å². The molecule has 3 aromatic carbocycles. The number of benzene rings is 3. The summed E-state index contributed by atoms with van der Waals surface area (Å²) in [5, 5.41) is 11.5. The van der Waals surface area contributed by atoms with Crippen molar-refractivity contribution in [1.29, 1.82) is 0 Å². The van der Waals surface area contributed by atoms with Gasteiger partial charge < -0.3 is 21.3 Å². The molecular formula is C42H44N6O4+2. The van der Waals surface area contributed by atoms with Gasteiger partial charge in [0, 0.05) is 59.1 Å². The molecule has 0 bridgehead atoms. The third-order valence-electron chi connectivity index (χ3n) is 8.19. The van der Waals surface area contributed by atoms with Gasteiger partial charge in [-0.3, -0.25) is 19.2 Å². The summed E-state index contributed by atoms with van der Waals surface area (Å²) in [6, 6.07) is 27.7. The van der Waals surface area contributed by atoms with E-state index in [0.29, 0.717) is 39.4 Å². The number of pyridine rings is 2. The van der Waals surface area contributed by atoms with E-state index in [0.717, 1.165) is 44.3 Å². The Bertz CT molecular complexity index is 2020. The van der Waals surface area contributed by atoms with Crippen molar-refractivity contribution in [2.45, 2.75) is 52.6 Å². The third kappa shape index (κ3) is 11.0. The average Bonchev–Trinajstić information content (AvgIpc) is 3.16. The number of nitrogens with one attached hydrogen (secondary N) is 4. The van der Waals surface area contributed by atoms with Gasteiger partial charge in [0.1, 0.15) is 24.5 Å². The van der Waals surface area contributed by atoms with E-state index in [4.69, 9.17) is 0 Å². The van der Waals surface area contributed by atoms with Crippen molar-refractivity contribution < 1.29 is 28.3 Å². The van der Waals surface area contributed by atoms with Crippen LogP contribution in [0.3, 0.4) is 0 Å². The second-order valence-corrected chi connectivity index (χ2v) is 12.3. The summed E-state index contributed by atoms with van der Waals surface area (Å²) in [6.45, 7) is 6.06. The molecule has 4 amide bonds. The van der Waals surface area contributed by atoms with Crippen LogP contribution in [-0.4, -0.2) is 23.6 Å². The predicted octanol–water partition coefficient (Wildman–Crippen LogP) is 7.27. The molecule has 0 radical (unpaired) electrons. The van der Waals surface area contributed by atoms with Gasteiger partial charge >= 0.3 is 0 Å². The molecular weight excluding hydrogens is 652 g/mol. The van der Waals surface area contributed by atoms with Crippen molar-refractivity contribution in [3.05, 3.63) is 150 Å². The molecule has 4 N–H and O–H groups in total. The van der Waals surface area contributed by atoms with Gasteiger partial charge in [-0.25, -0.2) is 9.13 Å². The number of unbranched alkanes of at least 4 members (excludes halogenated alkanes) is 2. The van der Waals surface area contributed by atoms with E-state index in [2.05, 4.69) is 44.2 Å². The van der Waals surface area contributed by atoms with E-state index in [9.17, 15) is 19.2 Å². The van der Waals surface area contributed by atoms with Crippen molar-refractivity contribution in [3.8, 4) is 0 Å². The number of hydrogen-bond acceptors (Lipinski definition) is 4. The van der Waals surface area contributed by atoms with Crippen LogP contribution in [0.1, 0.15) is 76.2 Å². The van der Waals surface area contributed by atoms with Crippen LogP contribution in [-0.2, 0) is 17.9 Å². The fraction of sp³-hybridized carbons (Fsp3) is 0.190. The molecule has 0 aliphatic carbocycles. The Hall–Kier alpha value is -6.42. The predicted molar refractivity (Wildman–Crippen MR) is 204 cm³/mol. The minimum absolute atomic E-state index is 0.236. The number of hydrogen-bond donors (Lipinski definition) is 4. The Morgan fingerprint density at radius 1 is 0.519 bits per heavy atom. The molecule has 2 aromatic heterocycles. The molecule has 10 heteroatoms. The SMILES string of the molecule is CCCC[n+]1cccc(NC(=O)c2ccc(NC(=O)/C=C/c3ccc(C(=O)Nc4ccc(C(=O)Nc5ccc[n+](CCCC)c5)cc4)cc3)cc2)c1. The van der Waals surface area contributed by atoms with Gasteiger partial charge in [0.15, 0.2) is 24.8 Å². The summed E-state index contributed by atoms with van der Waals surface area (Å²) in [6.07, 6.45) is 15.1. The Kier molecular flexibility index (Phi) is 13.1. The number of nitrogens with zero attached hydrogens (tertiary/aromatic N) is 2. The molecule has 10 nitrogen and oxygen atoms in total. The summed E-state index contributed by atoms with van der Waals surface area (Å²) in [4.78, 5) is 51.0. The Morgan fingerprint density at radius 3 is 1.37 bits per heavy atom. The fourth-order valence-electron chi connectivity index (χ4n) is 5.27. The summed E-state index contributed by atoms with van der Waals surface area (Å²) >= 11 is 0. The zero-order valence-corrected chi connectivity index (χ0v) is 29.5. The largest absolute Gasteiger partial charge is 0.323 e. The molecule has 0 aliphatic heterocycles. The molecule has 0 saturated heterocycles. The van der Waals surface area contributed by atoms with Crippen molar-refractivity contribution in [2.75, 3.05) is 21.3 Å². The lowest BCUT2D eigenvalue weighted by Gasteiger charge is -2.08. The molecule has 52 heavy (non-hydrogen) atoms. The Morgan fingerprint density at radius 2 is 0.923 bits per heavy atom. The molecule has 0 spiro atoms. The summed E-state index contributed by atoms with van der Waals surface area (Å²) in [5.41, 5.74) is 4.66. The minimum Gasteiger partial charge on any atom is -0.323 e. The number of amides is 4. The van der Waals surface area contributed by atoms with Crippen LogP contribution in [0.5, 0.6) is 0 Å². The topological polar surface area (TPSA) is 124 Å². The molecule has 264 valence electrons. The third-order valence-corrected chi connectivity index (χ3v) is 8.19. The smallest absolute Gasteiger partial charge is 0.255 e. The van der Waals surface area contributed by atoms with Gasteiger partial charge in [-0.2, -0.15) is 0 Å². The first-order chi connectivity index (χ1) is 25.3. The van der Waals surface area contributed by atoms with Crippen molar-refractivity contribution >= 4 is 52.5 Å². The van der Waals surface area contributed by atoms with Crippen LogP contribution in [0.15, 0.2) is 128 Å². The molecule has 5 aromatic rings. The normalized spacial score (nSPS) is 10.8. The second kappa shape index (κ2) is 18.5. The summed E-state index contributed by atoms with van der Waals surface area (Å²) in [5.74, 6) is -1.11. The van der Waals surface area contributed by atoms with Crippen molar-refractivity contribution in [3.63, 3.8) is 0 Å². The molecule has 0 aliphatic rings. The first kappa shape index (κ1) is 36.9. The zero-order valence-electron chi connectivity index (χ0n) is 29.5. The van der Waals surface area contributed by atoms with E-state index < -0.39 is 0 Å². The van der Waals surface area contributed by atoms with E-state index in [1.54, 1.807) is 78.9 Å². The van der Waals surface area contributed by atoms with Crippen LogP contribution < -0.4 is 30.4 Å². The molecule has 5 rings (SSSR count). The van der Waals surface area contributed by atoms with Crippen LogP contribution in [0, 0.1) is 0 Å². The highest BCUT2D eigenvalue weighted by atomic mass is 16.2. The number of carbonyl (C=O) groups excluding carboxylic acids is 4. The lowest BCUT2D eigenvalue weighted by molar-refractivity contribution is -0.696. The lowest BCUT2D eigenvalue weighted by atomic mass is 10.1. The minimum atomic E-state index is -0.337. The van der Waals surface area contributed by atoms with Crippen LogP contribution >= 0.6 is 0 Å². The van der Waals surface area contributed by atoms with E-state index >= 15 is 0 Å². The van der Waals surface area contributed by atoms with Gasteiger partial charge in [-0.05, 0) is 84.4 Å². The second-order valence-electron chi connectivity index (χ2n) is 12.3. The van der Waals surface area contributed by atoms with Crippen LogP contribution in [0.2, 0.25) is 0 Å².